The van der Waals surface area contributed by atoms with Gasteiger partial charge in [0, 0.05) is 11.6 Å². The molecule has 1 aromatic carbocycles. The molecule has 126 valence electrons. The second-order valence-electron chi connectivity index (χ2n) is 5.40. The fourth-order valence-electron chi connectivity index (χ4n) is 2.20. The molecular weight excluding hydrogens is 320 g/mol. The van der Waals surface area contributed by atoms with E-state index in [1.807, 2.05) is 6.92 Å². The van der Waals surface area contributed by atoms with Gasteiger partial charge in [-0.3, -0.25) is 4.79 Å². The molecule has 1 aliphatic heterocycles. The van der Waals surface area contributed by atoms with Crippen molar-refractivity contribution in [3.8, 4) is 11.5 Å². The highest BCUT2D eigenvalue weighted by Gasteiger charge is 2.32. The maximum atomic E-state index is 11.8. The molecule has 0 aliphatic carbocycles. The van der Waals surface area contributed by atoms with Gasteiger partial charge in [-0.15, -0.1) is 0 Å². The zero-order valence-electron chi connectivity index (χ0n) is 12.9. The lowest BCUT2D eigenvalue weighted by atomic mass is 10.1. The molecule has 0 bridgehead atoms. The van der Waals surface area contributed by atoms with E-state index in [-0.39, 0.29) is 17.3 Å². The van der Waals surface area contributed by atoms with Gasteiger partial charge >= 0.3 is 0 Å². The van der Waals surface area contributed by atoms with Gasteiger partial charge in [0.05, 0.1) is 30.2 Å². The highest BCUT2D eigenvalue weighted by Crippen LogP contribution is 2.22. The first-order valence-electron chi connectivity index (χ1n) is 7.40. The van der Waals surface area contributed by atoms with Crippen molar-refractivity contribution in [3.05, 3.63) is 23.8 Å². The molecule has 1 atom stereocenters. The predicted octanol–water partition coefficient (Wildman–Crippen LogP) is 1.07. The van der Waals surface area contributed by atoms with E-state index >= 15 is 0 Å². The number of sulfone groups is 1. The normalized spacial score (nSPS) is 19.8. The fraction of sp³-hybridized carbons (Fsp3) is 0.467. The van der Waals surface area contributed by atoms with Crippen LogP contribution in [0.1, 0.15) is 25.3 Å². The lowest BCUT2D eigenvalue weighted by Crippen LogP contribution is -2.27. The van der Waals surface area contributed by atoms with E-state index in [1.54, 1.807) is 12.1 Å². The second-order valence-corrected chi connectivity index (χ2v) is 7.63. The summed E-state index contributed by atoms with van der Waals surface area (Å²) in [7, 11) is -3.10. The van der Waals surface area contributed by atoms with Gasteiger partial charge < -0.3 is 9.84 Å². The average molecular weight is 340 g/mol. The van der Waals surface area contributed by atoms with Gasteiger partial charge in [-0.25, -0.2) is 13.8 Å². The molecule has 1 fully saturated rings. The van der Waals surface area contributed by atoms with Crippen molar-refractivity contribution in [2.24, 2.45) is 11.0 Å². The number of carbonyl (C=O) groups excluding carboxylic acids is 1. The second kappa shape index (κ2) is 7.45. The van der Waals surface area contributed by atoms with Crippen molar-refractivity contribution < 1.29 is 23.1 Å². The summed E-state index contributed by atoms with van der Waals surface area (Å²) in [6.07, 6.45) is 2.49. The third-order valence-corrected chi connectivity index (χ3v) is 5.22. The molecule has 2 rings (SSSR count). The molecule has 8 heteroatoms. The first-order valence-corrected chi connectivity index (χ1v) is 9.22. The predicted molar refractivity (Wildman–Crippen MR) is 86.4 cm³/mol. The van der Waals surface area contributed by atoms with Gasteiger partial charge in [0.15, 0.2) is 9.84 Å². The minimum atomic E-state index is -3.10. The molecule has 1 saturated heterocycles. The summed E-state index contributed by atoms with van der Waals surface area (Å²) in [5.74, 6) is -0.542. The number of nitrogens with zero attached hydrogens (tertiary/aromatic N) is 1. The van der Waals surface area contributed by atoms with Crippen LogP contribution in [-0.2, 0) is 14.6 Å². The lowest BCUT2D eigenvalue weighted by Gasteiger charge is -2.07. The highest BCUT2D eigenvalue weighted by molar-refractivity contribution is 7.91. The summed E-state index contributed by atoms with van der Waals surface area (Å²) >= 11 is 0. The quantitative estimate of drug-likeness (QED) is 0.595. The minimum absolute atomic E-state index is 0.0138. The van der Waals surface area contributed by atoms with E-state index in [0.717, 1.165) is 6.42 Å². The number of benzene rings is 1. The molecule has 7 nitrogen and oxygen atoms in total. The van der Waals surface area contributed by atoms with Crippen molar-refractivity contribution in [3.63, 3.8) is 0 Å². The monoisotopic (exact) mass is 340 g/mol. The molecule has 0 spiro atoms. The number of ether oxygens (including phenoxy) is 1. The van der Waals surface area contributed by atoms with Gasteiger partial charge in [-0.05, 0) is 25.0 Å². The van der Waals surface area contributed by atoms with Gasteiger partial charge in [0.2, 0.25) is 5.91 Å². The number of hydrogen-bond acceptors (Lipinski definition) is 6. The van der Waals surface area contributed by atoms with E-state index in [2.05, 4.69) is 10.5 Å². The van der Waals surface area contributed by atoms with Crippen LogP contribution in [0.2, 0.25) is 0 Å². The van der Waals surface area contributed by atoms with Crippen molar-refractivity contribution in [2.75, 3.05) is 18.1 Å². The van der Waals surface area contributed by atoms with Crippen molar-refractivity contribution >= 4 is 22.0 Å². The van der Waals surface area contributed by atoms with Gasteiger partial charge in [0.25, 0.3) is 0 Å². The highest BCUT2D eigenvalue weighted by atomic mass is 32.2. The van der Waals surface area contributed by atoms with Gasteiger partial charge in [0.1, 0.15) is 11.5 Å². The van der Waals surface area contributed by atoms with E-state index in [1.165, 1.54) is 12.3 Å². The molecule has 0 radical (unpaired) electrons. The van der Waals surface area contributed by atoms with Crippen LogP contribution in [0.25, 0.3) is 0 Å². The summed E-state index contributed by atoms with van der Waals surface area (Å²) in [6, 6.07) is 4.79. The fourth-order valence-corrected chi connectivity index (χ4v) is 3.94. The number of phenolic OH excluding ortho intramolecular Hbond substituents is 1. The topological polar surface area (TPSA) is 105 Å². The van der Waals surface area contributed by atoms with E-state index in [9.17, 15) is 18.3 Å². The Hall–Kier alpha value is -2.09. The molecule has 1 aromatic rings. The van der Waals surface area contributed by atoms with E-state index < -0.39 is 21.7 Å². The Morgan fingerprint density at radius 1 is 1.52 bits per heavy atom. The first kappa shape index (κ1) is 17.3. The zero-order chi connectivity index (χ0) is 16.9. The van der Waals surface area contributed by atoms with Crippen molar-refractivity contribution in [2.45, 2.75) is 19.8 Å². The number of nitrogens with one attached hydrogen (secondary N) is 1. The Morgan fingerprint density at radius 3 is 2.91 bits per heavy atom. The van der Waals surface area contributed by atoms with Crippen LogP contribution in [0, 0.1) is 5.92 Å². The Morgan fingerprint density at radius 2 is 2.30 bits per heavy atom. The average Bonchev–Trinajstić information content (AvgIpc) is 2.87. The molecule has 0 unspecified atom stereocenters. The molecule has 23 heavy (non-hydrogen) atoms. The molecule has 1 aliphatic rings. The molecule has 0 saturated carbocycles. The summed E-state index contributed by atoms with van der Waals surface area (Å²) in [6.45, 7) is 2.55. The summed E-state index contributed by atoms with van der Waals surface area (Å²) in [5.41, 5.74) is 2.73. The SMILES string of the molecule is CCCOc1ccc(/C=N/NC(=O)[C@H]2CCS(=O)(=O)C2)c(O)c1. The summed E-state index contributed by atoms with van der Waals surface area (Å²) < 4.78 is 28.0. The largest absolute Gasteiger partial charge is 0.507 e. The number of phenols is 1. The smallest absolute Gasteiger partial charge is 0.244 e. The molecule has 1 amide bonds. The van der Waals surface area contributed by atoms with E-state index in [0.29, 0.717) is 24.3 Å². The standard InChI is InChI=1S/C15H20N2O5S/c1-2-6-22-13-4-3-11(14(18)8-13)9-16-17-15(19)12-5-7-23(20,21)10-12/h3-4,8-9,12,18H,2,5-7,10H2,1H3,(H,17,19)/b16-9+/t12-/m0/s1. The first-order chi connectivity index (χ1) is 10.9. The van der Waals surface area contributed by atoms with Crippen molar-refractivity contribution in [1.82, 2.24) is 5.43 Å². The third kappa shape index (κ3) is 4.95. The molecule has 1 heterocycles. The van der Waals surface area contributed by atoms with Crippen LogP contribution in [0.4, 0.5) is 0 Å². The Balaban J connectivity index is 1.91. The maximum Gasteiger partial charge on any atom is 0.244 e. The Labute approximate surface area is 135 Å². The van der Waals surface area contributed by atoms with Crippen LogP contribution < -0.4 is 10.2 Å². The Bertz CT molecular complexity index is 700. The molecule has 2 N–H and O–H groups in total. The van der Waals surface area contributed by atoms with E-state index in [4.69, 9.17) is 4.74 Å². The van der Waals surface area contributed by atoms with Crippen LogP contribution in [0.15, 0.2) is 23.3 Å². The zero-order valence-corrected chi connectivity index (χ0v) is 13.7. The van der Waals surface area contributed by atoms with Crippen LogP contribution >= 0.6 is 0 Å². The third-order valence-electron chi connectivity index (χ3n) is 3.46. The minimum Gasteiger partial charge on any atom is -0.507 e. The number of carbonyl (C=O) groups is 1. The molecule has 0 aromatic heterocycles. The van der Waals surface area contributed by atoms with Crippen LogP contribution in [0.5, 0.6) is 11.5 Å². The molecular formula is C15H20N2O5S. The van der Waals surface area contributed by atoms with Crippen molar-refractivity contribution in [1.29, 1.82) is 0 Å². The number of amides is 1. The van der Waals surface area contributed by atoms with Crippen LogP contribution in [0.3, 0.4) is 0 Å². The Kier molecular flexibility index (Phi) is 5.59. The lowest BCUT2D eigenvalue weighted by molar-refractivity contribution is -0.124. The number of rotatable bonds is 6. The summed E-state index contributed by atoms with van der Waals surface area (Å²) in [4.78, 5) is 11.8. The van der Waals surface area contributed by atoms with Crippen LogP contribution in [-0.4, -0.2) is 43.8 Å². The maximum absolute atomic E-state index is 11.8. The summed E-state index contributed by atoms with van der Waals surface area (Å²) in [5, 5.41) is 13.6. The number of aromatic hydroxyl groups is 1. The number of hydrogen-bond donors (Lipinski definition) is 2. The van der Waals surface area contributed by atoms with Gasteiger partial charge in [-0.2, -0.15) is 5.10 Å². The van der Waals surface area contributed by atoms with Gasteiger partial charge in [-0.1, -0.05) is 6.92 Å². The number of hydrazone groups is 1.